The Balaban J connectivity index is 1.57. The fourth-order valence-electron chi connectivity index (χ4n) is 4.67. The molecule has 1 aliphatic heterocycles. The van der Waals surface area contributed by atoms with Crippen molar-refractivity contribution in [2.24, 2.45) is 5.92 Å². The number of methoxy groups -OCH3 is 1. The van der Waals surface area contributed by atoms with Gasteiger partial charge in [0.05, 0.1) is 13.7 Å². The van der Waals surface area contributed by atoms with Gasteiger partial charge in [0.2, 0.25) is 11.8 Å². The molecule has 36 heavy (non-hydrogen) atoms. The van der Waals surface area contributed by atoms with Gasteiger partial charge in [0.1, 0.15) is 29.0 Å². The van der Waals surface area contributed by atoms with Crippen LogP contribution in [0.3, 0.4) is 0 Å². The fourth-order valence-corrected chi connectivity index (χ4v) is 4.67. The summed E-state index contributed by atoms with van der Waals surface area (Å²) in [6, 6.07) is 6.56. The first-order valence-electron chi connectivity index (χ1n) is 12.0. The van der Waals surface area contributed by atoms with Crippen LogP contribution < -0.4 is 14.8 Å². The van der Waals surface area contributed by atoms with Gasteiger partial charge in [-0.1, -0.05) is 6.08 Å². The third-order valence-corrected chi connectivity index (χ3v) is 6.68. The topological polar surface area (TPSA) is 107 Å². The summed E-state index contributed by atoms with van der Waals surface area (Å²) in [5.74, 6) is 0.442. The largest absolute Gasteiger partial charge is 0.497 e. The van der Waals surface area contributed by atoms with Crippen LogP contribution in [-0.2, 0) is 14.3 Å². The molecule has 1 saturated heterocycles. The highest BCUT2D eigenvalue weighted by Crippen LogP contribution is 2.45. The second-order valence-electron chi connectivity index (χ2n) is 10.4. The molecule has 2 amide bonds. The van der Waals surface area contributed by atoms with E-state index in [1.165, 1.54) is 11.8 Å². The summed E-state index contributed by atoms with van der Waals surface area (Å²) in [5.41, 5.74) is -1.70. The van der Waals surface area contributed by atoms with Crippen LogP contribution in [0.2, 0.25) is 0 Å². The Morgan fingerprint density at radius 2 is 2.00 bits per heavy atom. The number of nitrogens with one attached hydrogen (secondary N) is 1. The van der Waals surface area contributed by atoms with Gasteiger partial charge in [-0.25, -0.2) is 9.78 Å². The van der Waals surface area contributed by atoms with E-state index < -0.39 is 35.3 Å². The minimum Gasteiger partial charge on any atom is -0.497 e. The van der Waals surface area contributed by atoms with Gasteiger partial charge in [-0.05, 0) is 63.8 Å². The Morgan fingerprint density at radius 1 is 1.25 bits per heavy atom. The van der Waals surface area contributed by atoms with Crippen LogP contribution in [0.5, 0.6) is 11.6 Å². The zero-order valence-corrected chi connectivity index (χ0v) is 21.4. The van der Waals surface area contributed by atoms with E-state index in [0.717, 1.165) is 10.8 Å². The predicted octanol–water partition coefficient (Wildman–Crippen LogP) is 3.65. The van der Waals surface area contributed by atoms with Crippen LogP contribution in [0.1, 0.15) is 40.5 Å². The number of ketones is 1. The number of aromatic nitrogens is 1. The lowest BCUT2D eigenvalue weighted by atomic mass is 10.1. The highest BCUT2D eigenvalue weighted by molar-refractivity contribution is 5.97. The molecule has 0 radical (unpaired) electrons. The molecular weight excluding hydrogens is 462 g/mol. The maximum absolute atomic E-state index is 13.4. The molecule has 4 rings (SSSR count). The van der Waals surface area contributed by atoms with Crippen molar-refractivity contribution in [3.63, 3.8) is 0 Å². The van der Waals surface area contributed by atoms with E-state index >= 15 is 0 Å². The number of carbonyl (C=O) groups is 3. The van der Waals surface area contributed by atoms with Gasteiger partial charge in [0, 0.05) is 23.9 Å². The number of carbonyl (C=O) groups excluding carboxylic acids is 3. The van der Waals surface area contributed by atoms with E-state index in [1.807, 2.05) is 24.3 Å². The summed E-state index contributed by atoms with van der Waals surface area (Å²) in [4.78, 5) is 44.5. The van der Waals surface area contributed by atoms with Gasteiger partial charge in [-0.3, -0.25) is 14.5 Å². The molecule has 9 nitrogen and oxygen atoms in total. The molecule has 4 atom stereocenters. The summed E-state index contributed by atoms with van der Waals surface area (Å²) in [6.07, 6.45) is 2.93. The summed E-state index contributed by atoms with van der Waals surface area (Å²) in [5, 5.41) is 4.57. The molecule has 9 heteroatoms. The average Bonchev–Trinajstić information content (AvgIpc) is 3.37. The predicted molar refractivity (Wildman–Crippen MR) is 134 cm³/mol. The van der Waals surface area contributed by atoms with Crippen molar-refractivity contribution in [2.75, 3.05) is 13.7 Å². The first kappa shape index (κ1) is 25.5. The van der Waals surface area contributed by atoms with Crippen LogP contribution in [0.25, 0.3) is 10.8 Å². The third kappa shape index (κ3) is 5.01. The van der Waals surface area contributed by atoms with Crippen molar-refractivity contribution >= 4 is 28.6 Å². The zero-order valence-electron chi connectivity index (χ0n) is 21.4. The van der Waals surface area contributed by atoms with E-state index in [1.54, 1.807) is 40.2 Å². The number of hydrogen-bond acceptors (Lipinski definition) is 7. The first-order chi connectivity index (χ1) is 17.0. The van der Waals surface area contributed by atoms with Crippen molar-refractivity contribution in [1.82, 2.24) is 15.2 Å². The molecule has 1 aromatic carbocycles. The number of hydrogen-bond donors (Lipinski definition) is 1. The quantitative estimate of drug-likeness (QED) is 0.584. The monoisotopic (exact) mass is 495 g/mol. The highest BCUT2D eigenvalue weighted by atomic mass is 16.6. The van der Waals surface area contributed by atoms with Crippen molar-refractivity contribution in [1.29, 1.82) is 0 Å². The normalized spacial score (nSPS) is 25.2. The molecular formula is C27H33N3O6. The number of ether oxygens (including phenoxy) is 3. The fraction of sp³-hybridized carbons (Fsp3) is 0.481. The molecule has 1 aliphatic carbocycles. The number of fused-ring (bicyclic) bond motifs is 1. The molecule has 0 spiro atoms. The summed E-state index contributed by atoms with van der Waals surface area (Å²) in [7, 11) is 1.60. The molecule has 2 aliphatic rings. The molecule has 0 bridgehead atoms. The second kappa shape index (κ2) is 9.44. The van der Waals surface area contributed by atoms with Gasteiger partial charge >= 0.3 is 6.09 Å². The smallest absolute Gasteiger partial charge is 0.411 e. The molecule has 1 saturated carbocycles. The van der Waals surface area contributed by atoms with E-state index in [0.29, 0.717) is 18.1 Å². The second-order valence-corrected chi connectivity index (χ2v) is 10.4. The maximum Gasteiger partial charge on any atom is 0.411 e. The van der Waals surface area contributed by atoms with E-state index in [-0.39, 0.29) is 24.7 Å². The standard InChI is InChI=1S/C27H33N3O6/c1-7-18-14-27(18,16(2)31)29-23(32)22-13-20(15-30(22)25(33)36-26(3,4)5)35-24-21-9-8-19(34-6)12-17(21)10-11-28-24/h7-12,18,20,22H,1,13-15H2,2-6H3,(H,29,32)/t18-,20-,22+,27+/m1/s1. The van der Waals surface area contributed by atoms with Crippen molar-refractivity contribution in [3.05, 3.63) is 43.1 Å². The van der Waals surface area contributed by atoms with Crippen molar-refractivity contribution < 1.29 is 28.6 Å². The molecule has 1 aromatic heterocycles. The lowest BCUT2D eigenvalue weighted by Crippen LogP contribution is -2.53. The number of likely N-dealkylation sites (tertiary alicyclic amines) is 1. The number of Topliss-reactive ketones (excluding diaryl/α,β-unsaturated/α-hetero) is 1. The molecule has 2 fully saturated rings. The SMILES string of the molecule is C=C[C@@H]1C[C@]1(NC(=O)[C@@H]1C[C@@H](Oc2nccc3cc(OC)ccc23)CN1C(=O)OC(C)(C)C)C(C)=O. The zero-order chi connectivity index (χ0) is 26.3. The molecule has 1 N–H and O–H groups in total. The van der Waals surface area contributed by atoms with Gasteiger partial charge in [0.15, 0.2) is 5.78 Å². The molecule has 2 heterocycles. The van der Waals surface area contributed by atoms with E-state index in [2.05, 4.69) is 16.9 Å². The van der Waals surface area contributed by atoms with Gasteiger partial charge in [0.25, 0.3) is 0 Å². The molecule has 192 valence electrons. The molecule has 0 unspecified atom stereocenters. The first-order valence-corrected chi connectivity index (χ1v) is 12.0. The van der Waals surface area contributed by atoms with Crippen LogP contribution in [-0.4, -0.2) is 64.6 Å². The van der Waals surface area contributed by atoms with Gasteiger partial charge < -0.3 is 19.5 Å². The summed E-state index contributed by atoms with van der Waals surface area (Å²) in [6.45, 7) is 10.7. The van der Waals surface area contributed by atoms with E-state index in [4.69, 9.17) is 14.2 Å². The Morgan fingerprint density at radius 3 is 2.61 bits per heavy atom. The number of amides is 2. The minimum atomic E-state index is -0.965. The summed E-state index contributed by atoms with van der Waals surface area (Å²) >= 11 is 0. The van der Waals surface area contributed by atoms with Crippen LogP contribution in [0.15, 0.2) is 43.1 Å². The maximum atomic E-state index is 13.4. The van der Waals surface area contributed by atoms with E-state index in [9.17, 15) is 14.4 Å². The lowest BCUT2D eigenvalue weighted by molar-refractivity contribution is -0.130. The van der Waals surface area contributed by atoms with Gasteiger partial charge in [-0.2, -0.15) is 0 Å². The highest BCUT2D eigenvalue weighted by Gasteiger charge is 2.58. The molecule has 2 aromatic rings. The minimum absolute atomic E-state index is 0.126. The number of rotatable bonds is 7. The summed E-state index contributed by atoms with van der Waals surface area (Å²) < 4.78 is 17.1. The number of pyridine rings is 1. The Labute approximate surface area is 210 Å². The Kier molecular flexibility index (Phi) is 6.68. The Bertz CT molecular complexity index is 1210. The number of benzene rings is 1. The third-order valence-electron chi connectivity index (χ3n) is 6.68. The number of nitrogens with zero attached hydrogens (tertiary/aromatic N) is 2. The lowest BCUT2D eigenvalue weighted by Gasteiger charge is -2.28. The van der Waals surface area contributed by atoms with Crippen molar-refractivity contribution in [2.45, 2.75) is 63.8 Å². The van der Waals surface area contributed by atoms with Crippen LogP contribution in [0.4, 0.5) is 4.79 Å². The Hall–Kier alpha value is -3.62. The van der Waals surface area contributed by atoms with Crippen molar-refractivity contribution in [3.8, 4) is 11.6 Å². The van der Waals surface area contributed by atoms with Crippen LogP contribution >= 0.6 is 0 Å². The average molecular weight is 496 g/mol. The van der Waals surface area contributed by atoms with Gasteiger partial charge in [-0.15, -0.1) is 6.58 Å². The van der Waals surface area contributed by atoms with Crippen LogP contribution in [0, 0.1) is 5.92 Å².